The second-order valence-corrected chi connectivity index (χ2v) is 7.76. The molecule has 0 radical (unpaired) electrons. The number of hydrogen-bond acceptors (Lipinski definition) is 4. The van der Waals surface area contributed by atoms with Crippen molar-refractivity contribution in [1.29, 1.82) is 0 Å². The Morgan fingerprint density at radius 2 is 2.00 bits per heavy atom. The molecule has 1 heterocycles. The van der Waals surface area contributed by atoms with Gasteiger partial charge in [0, 0.05) is 16.1 Å². The van der Waals surface area contributed by atoms with Crippen molar-refractivity contribution in [3.05, 3.63) is 50.4 Å². The number of aliphatic hydroxyl groups excluding tert-OH is 1. The quantitative estimate of drug-likeness (QED) is 0.648. The van der Waals surface area contributed by atoms with Crippen molar-refractivity contribution in [1.82, 2.24) is 4.98 Å². The van der Waals surface area contributed by atoms with Crippen LogP contribution in [0.1, 0.15) is 17.2 Å². The van der Waals surface area contributed by atoms with E-state index in [1.807, 2.05) is 12.1 Å². The molecule has 3 aromatic rings. The number of nitrogens with zero attached hydrogens (tertiary/aromatic N) is 1. The minimum absolute atomic E-state index is 0.378. The highest BCUT2D eigenvalue weighted by Crippen LogP contribution is 2.41. The van der Waals surface area contributed by atoms with E-state index in [1.165, 1.54) is 11.3 Å². The molecule has 0 fully saturated rings. The number of aliphatic hydroxyl groups is 1. The van der Waals surface area contributed by atoms with E-state index in [4.69, 9.17) is 11.6 Å². The summed E-state index contributed by atoms with van der Waals surface area (Å²) in [6, 6.07) is 8.87. The van der Waals surface area contributed by atoms with Gasteiger partial charge < -0.3 is 10.2 Å². The molecule has 0 bridgehead atoms. The summed E-state index contributed by atoms with van der Waals surface area (Å²) in [6.07, 6.45) is -1.61. The lowest BCUT2D eigenvalue weighted by Crippen LogP contribution is -2.13. The Hall–Kier alpha value is -1.47. The number of aryl methyl sites for hydroxylation is 1. The molecule has 1 aromatic heterocycles. The number of carboxylic acid groups (broad SMARTS) is 1. The molecular formula is C16H11BrClNO3S. The molecule has 0 aliphatic heterocycles. The minimum atomic E-state index is -1.61. The van der Waals surface area contributed by atoms with E-state index < -0.39 is 12.1 Å². The number of carboxylic acids is 1. The first-order chi connectivity index (χ1) is 10.9. The van der Waals surface area contributed by atoms with E-state index in [-0.39, 0.29) is 0 Å². The molecule has 118 valence electrons. The van der Waals surface area contributed by atoms with Crippen LogP contribution in [-0.4, -0.2) is 21.2 Å². The summed E-state index contributed by atoms with van der Waals surface area (Å²) < 4.78 is 1.52. The average Bonchev–Trinajstić information content (AvgIpc) is 2.85. The van der Waals surface area contributed by atoms with Gasteiger partial charge in [0.25, 0.3) is 0 Å². The zero-order chi connectivity index (χ0) is 16.7. The number of carbonyl (C=O) groups is 1. The number of fused-ring (bicyclic) bond motifs is 1. The van der Waals surface area contributed by atoms with E-state index in [1.54, 1.807) is 25.1 Å². The van der Waals surface area contributed by atoms with Crippen LogP contribution in [0.3, 0.4) is 0 Å². The first-order valence-electron chi connectivity index (χ1n) is 6.65. The normalized spacial score (nSPS) is 12.5. The van der Waals surface area contributed by atoms with E-state index in [2.05, 4.69) is 20.9 Å². The first-order valence-corrected chi connectivity index (χ1v) is 8.63. The molecule has 2 aromatic carbocycles. The molecule has 0 saturated carbocycles. The van der Waals surface area contributed by atoms with Crippen molar-refractivity contribution < 1.29 is 15.0 Å². The monoisotopic (exact) mass is 411 g/mol. The SMILES string of the molecule is Cc1cc2nc(Br)sc2c(-c2ccc(Cl)cc2)c1C(O)C(=O)O. The molecule has 0 amide bonds. The molecule has 1 atom stereocenters. The number of rotatable bonds is 3. The third kappa shape index (κ3) is 2.99. The predicted octanol–water partition coefficient (Wildman–Crippen LogP) is 4.81. The van der Waals surface area contributed by atoms with Crippen molar-refractivity contribution in [3.63, 3.8) is 0 Å². The van der Waals surface area contributed by atoms with Gasteiger partial charge in [0.2, 0.25) is 0 Å². The lowest BCUT2D eigenvalue weighted by Gasteiger charge is -2.16. The summed E-state index contributed by atoms with van der Waals surface area (Å²) in [5.41, 5.74) is 3.27. The smallest absolute Gasteiger partial charge is 0.337 e. The Kier molecular flexibility index (Phi) is 4.42. The Labute approximate surface area is 149 Å². The predicted molar refractivity (Wildman–Crippen MR) is 95.1 cm³/mol. The molecule has 1 unspecified atom stereocenters. The first kappa shape index (κ1) is 16.4. The minimum Gasteiger partial charge on any atom is -0.479 e. The van der Waals surface area contributed by atoms with Gasteiger partial charge in [-0.3, -0.25) is 0 Å². The second-order valence-electron chi connectivity index (χ2n) is 5.04. The number of benzene rings is 2. The summed E-state index contributed by atoms with van der Waals surface area (Å²) in [5.74, 6) is -1.29. The Balaban J connectivity index is 2.40. The fraction of sp³-hybridized carbons (Fsp3) is 0.125. The van der Waals surface area contributed by atoms with Gasteiger partial charge in [-0.2, -0.15) is 0 Å². The molecule has 2 N–H and O–H groups in total. The molecule has 7 heteroatoms. The summed E-state index contributed by atoms with van der Waals surface area (Å²) in [7, 11) is 0. The van der Waals surface area contributed by atoms with Gasteiger partial charge in [0.05, 0.1) is 10.2 Å². The van der Waals surface area contributed by atoms with Crippen LogP contribution in [-0.2, 0) is 4.79 Å². The van der Waals surface area contributed by atoms with Crippen LogP contribution in [0.2, 0.25) is 5.02 Å². The Bertz CT molecular complexity index is 908. The molecule has 0 aliphatic carbocycles. The zero-order valence-corrected chi connectivity index (χ0v) is 15.0. The molecular weight excluding hydrogens is 402 g/mol. The van der Waals surface area contributed by atoms with Crippen LogP contribution >= 0.6 is 38.9 Å². The van der Waals surface area contributed by atoms with E-state index >= 15 is 0 Å². The Morgan fingerprint density at radius 1 is 1.35 bits per heavy atom. The highest BCUT2D eigenvalue weighted by molar-refractivity contribution is 9.11. The maximum Gasteiger partial charge on any atom is 0.337 e. The summed E-state index contributed by atoms with van der Waals surface area (Å²) in [4.78, 5) is 15.7. The average molecular weight is 413 g/mol. The van der Waals surface area contributed by atoms with Gasteiger partial charge in [0.15, 0.2) is 10.0 Å². The van der Waals surface area contributed by atoms with Crippen LogP contribution in [0.15, 0.2) is 34.2 Å². The Morgan fingerprint density at radius 3 is 2.61 bits per heavy atom. The highest BCUT2D eigenvalue weighted by atomic mass is 79.9. The van der Waals surface area contributed by atoms with Gasteiger partial charge in [-0.15, -0.1) is 11.3 Å². The second kappa shape index (κ2) is 6.20. The van der Waals surface area contributed by atoms with Gasteiger partial charge in [-0.05, 0) is 52.2 Å². The number of aromatic nitrogens is 1. The van der Waals surface area contributed by atoms with Crippen molar-refractivity contribution in [2.75, 3.05) is 0 Å². The van der Waals surface area contributed by atoms with E-state index in [0.717, 1.165) is 15.8 Å². The number of halogens is 2. The van der Waals surface area contributed by atoms with Crippen LogP contribution in [0.5, 0.6) is 0 Å². The summed E-state index contributed by atoms with van der Waals surface area (Å²) in [5, 5.41) is 20.0. The van der Waals surface area contributed by atoms with Gasteiger partial charge in [0.1, 0.15) is 0 Å². The summed E-state index contributed by atoms with van der Waals surface area (Å²) >= 11 is 10.7. The lowest BCUT2D eigenvalue weighted by atomic mass is 9.92. The van der Waals surface area contributed by atoms with Gasteiger partial charge in [-0.25, -0.2) is 9.78 Å². The standard InChI is InChI=1S/C16H11BrClNO3S/c1-7-6-10-14(23-16(17)19-10)12(11(7)13(20)15(21)22)8-2-4-9(18)5-3-8/h2-6,13,20H,1H3,(H,21,22). The van der Waals surface area contributed by atoms with Crippen molar-refractivity contribution >= 4 is 55.1 Å². The van der Waals surface area contributed by atoms with Crippen LogP contribution in [0.4, 0.5) is 0 Å². The van der Waals surface area contributed by atoms with Crippen LogP contribution in [0.25, 0.3) is 21.3 Å². The fourth-order valence-electron chi connectivity index (χ4n) is 2.56. The number of hydrogen-bond donors (Lipinski definition) is 2. The highest BCUT2D eigenvalue weighted by Gasteiger charge is 2.25. The van der Waals surface area contributed by atoms with Crippen molar-refractivity contribution in [2.24, 2.45) is 0 Å². The molecule has 23 heavy (non-hydrogen) atoms. The molecule has 0 aliphatic rings. The molecule has 0 saturated heterocycles. The molecule has 0 spiro atoms. The summed E-state index contributed by atoms with van der Waals surface area (Å²) in [6.45, 7) is 1.77. The maximum atomic E-state index is 11.3. The molecule has 3 rings (SSSR count). The fourth-order valence-corrected chi connectivity index (χ4v) is 4.22. The third-order valence-corrected chi connectivity index (χ3v) is 5.33. The van der Waals surface area contributed by atoms with E-state index in [0.29, 0.717) is 25.6 Å². The number of thiazole rings is 1. The lowest BCUT2D eigenvalue weighted by molar-refractivity contribution is -0.146. The topological polar surface area (TPSA) is 70.4 Å². The van der Waals surface area contributed by atoms with Crippen LogP contribution in [0, 0.1) is 6.92 Å². The zero-order valence-electron chi connectivity index (χ0n) is 11.9. The molecule has 4 nitrogen and oxygen atoms in total. The maximum absolute atomic E-state index is 11.3. The third-order valence-electron chi connectivity index (χ3n) is 3.54. The van der Waals surface area contributed by atoms with Crippen molar-refractivity contribution in [3.8, 4) is 11.1 Å². The number of aliphatic carboxylic acids is 1. The largest absolute Gasteiger partial charge is 0.479 e. The van der Waals surface area contributed by atoms with Gasteiger partial charge >= 0.3 is 5.97 Å². The van der Waals surface area contributed by atoms with E-state index in [9.17, 15) is 15.0 Å². The van der Waals surface area contributed by atoms with Gasteiger partial charge in [-0.1, -0.05) is 23.7 Å². The van der Waals surface area contributed by atoms with Crippen LogP contribution < -0.4 is 0 Å². The van der Waals surface area contributed by atoms with Crippen molar-refractivity contribution in [2.45, 2.75) is 13.0 Å².